The SMILES string of the molecule is C=N/C(=C1/c2cc[nH]c2N=CN1N)C1CCC(CNC23CC(C2)C3)CC1. The molecule has 1 aromatic heterocycles. The number of nitrogens with zero attached hydrogens (tertiary/aromatic N) is 3. The van der Waals surface area contributed by atoms with E-state index in [0.717, 1.165) is 47.5 Å². The molecule has 2 bridgehead atoms. The maximum Gasteiger partial charge on any atom is 0.141 e. The Balaban J connectivity index is 1.27. The zero-order valence-electron chi connectivity index (χ0n) is 15.2. The summed E-state index contributed by atoms with van der Waals surface area (Å²) in [5, 5.41) is 5.47. The van der Waals surface area contributed by atoms with Crippen molar-refractivity contribution in [2.75, 3.05) is 6.54 Å². The number of rotatable bonds is 5. The maximum absolute atomic E-state index is 6.20. The summed E-state index contributed by atoms with van der Waals surface area (Å²) in [5.74, 6) is 9.31. The summed E-state index contributed by atoms with van der Waals surface area (Å²) < 4.78 is 0. The van der Waals surface area contributed by atoms with Gasteiger partial charge in [-0.2, -0.15) is 0 Å². The molecule has 4 aliphatic carbocycles. The van der Waals surface area contributed by atoms with Gasteiger partial charge in [-0.1, -0.05) is 0 Å². The number of aromatic amines is 1. The van der Waals surface area contributed by atoms with Crippen LogP contribution >= 0.6 is 0 Å². The molecule has 0 saturated heterocycles. The van der Waals surface area contributed by atoms with Gasteiger partial charge in [0.2, 0.25) is 0 Å². The van der Waals surface area contributed by atoms with E-state index in [9.17, 15) is 0 Å². The van der Waals surface area contributed by atoms with Crippen molar-refractivity contribution >= 4 is 24.6 Å². The number of hydrazine groups is 1. The van der Waals surface area contributed by atoms with Crippen molar-refractivity contribution in [3.05, 3.63) is 23.5 Å². The molecule has 4 saturated carbocycles. The third-order valence-electron chi connectivity index (χ3n) is 7.00. The van der Waals surface area contributed by atoms with Crippen LogP contribution in [0.5, 0.6) is 0 Å². The van der Waals surface area contributed by atoms with Gasteiger partial charge in [0.05, 0.1) is 11.4 Å². The topological polar surface area (TPSA) is 81.8 Å². The zero-order valence-corrected chi connectivity index (χ0v) is 15.2. The molecule has 4 N–H and O–H groups in total. The Morgan fingerprint density at radius 3 is 2.77 bits per heavy atom. The fourth-order valence-corrected chi connectivity index (χ4v) is 5.34. The van der Waals surface area contributed by atoms with E-state index in [1.807, 2.05) is 12.3 Å². The van der Waals surface area contributed by atoms with Gasteiger partial charge < -0.3 is 10.3 Å². The summed E-state index contributed by atoms with van der Waals surface area (Å²) in [6.07, 6.45) is 12.6. The average molecular weight is 352 g/mol. The van der Waals surface area contributed by atoms with E-state index in [1.165, 1.54) is 38.6 Å². The molecular formula is C20H28N6. The van der Waals surface area contributed by atoms with Gasteiger partial charge in [-0.25, -0.2) is 10.8 Å². The molecule has 0 aromatic carbocycles. The Morgan fingerprint density at radius 1 is 1.35 bits per heavy atom. The molecule has 0 spiro atoms. The van der Waals surface area contributed by atoms with Crippen LogP contribution in [-0.4, -0.2) is 35.1 Å². The number of aliphatic imine (C=N–C) groups is 2. The lowest BCUT2D eigenvalue weighted by molar-refractivity contribution is -0.0538. The molecule has 6 heteroatoms. The van der Waals surface area contributed by atoms with E-state index in [1.54, 1.807) is 11.3 Å². The highest BCUT2D eigenvalue weighted by atomic mass is 15.4. The van der Waals surface area contributed by atoms with Crippen LogP contribution in [0.3, 0.4) is 0 Å². The van der Waals surface area contributed by atoms with Gasteiger partial charge in [0.1, 0.15) is 12.2 Å². The second-order valence-corrected chi connectivity index (χ2v) is 8.64. The Kier molecular flexibility index (Phi) is 3.79. The number of hydrogen-bond acceptors (Lipinski definition) is 5. The monoisotopic (exact) mass is 352 g/mol. The summed E-state index contributed by atoms with van der Waals surface area (Å²) in [7, 11) is 0. The smallest absolute Gasteiger partial charge is 0.141 e. The molecule has 0 unspecified atom stereocenters. The molecule has 26 heavy (non-hydrogen) atoms. The van der Waals surface area contributed by atoms with Crippen LogP contribution in [0.15, 0.2) is 27.9 Å². The summed E-state index contributed by atoms with van der Waals surface area (Å²) in [6, 6.07) is 2.02. The lowest BCUT2D eigenvalue weighted by atomic mass is 9.50. The van der Waals surface area contributed by atoms with Crippen molar-refractivity contribution in [2.45, 2.75) is 50.5 Å². The highest BCUT2D eigenvalue weighted by molar-refractivity contribution is 5.87. The average Bonchev–Trinajstić information content (AvgIpc) is 3.05. The van der Waals surface area contributed by atoms with Crippen molar-refractivity contribution in [3.63, 3.8) is 0 Å². The molecule has 0 atom stereocenters. The van der Waals surface area contributed by atoms with E-state index in [0.29, 0.717) is 11.5 Å². The quantitative estimate of drug-likeness (QED) is 0.562. The summed E-state index contributed by atoms with van der Waals surface area (Å²) in [4.78, 5) is 11.9. The molecule has 1 aliphatic heterocycles. The molecular weight excluding hydrogens is 324 g/mol. The van der Waals surface area contributed by atoms with Crippen molar-refractivity contribution in [1.82, 2.24) is 15.3 Å². The third-order valence-corrected chi connectivity index (χ3v) is 7.00. The number of nitrogens with one attached hydrogen (secondary N) is 2. The number of fused-ring (bicyclic) bond motifs is 1. The van der Waals surface area contributed by atoms with Crippen LogP contribution in [0.4, 0.5) is 5.82 Å². The number of allylic oxidation sites excluding steroid dienone is 1. The lowest BCUT2D eigenvalue weighted by Crippen LogP contribution is -2.67. The van der Waals surface area contributed by atoms with Gasteiger partial charge in [0, 0.05) is 23.2 Å². The second kappa shape index (κ2) is 6.06. The molecule has 2 heterocycles. The van der Waals surface area contributed by atoms with E-state index < -0.39 is 0 Å². The van der Waals surface area contributed by atoms with Crippen LogP contribution in [-0.2, 0) is 0 Å². The van der Waals surface area contributed by atoms with Crippen LogP contribution in [0, 0.1) is 17.8 Å². The first-order valence-corrected chi connectivity index (χ1v) is 9.89. The molecule has 5 aliphatic rings. The van der Waals surface area contributed by atoms with E-state index in [-0.39, 0.29) is 0 Å². The largest absolute Gasteiger partial charge is 0.346 e. The van der Waals surface area contributed by atoms with Crippen LogP contribution in [0.2, 0.25) is 0 Å². The van der Waals surface area contributed by atoms with Gasteiger partial charge in [0.25, 0.3) is 0 Å². The van der Waals surface area contributed by atoms with Crippen LogP contribution in [0.25, 0.3) is 5.70 Å². The number of nitrogens with two attached hydrogens (primary N) is 1. The van der Waals surface area contributed by atoms with Crippen molar-refractivity contribution in [1.29, 1.82) is 0 Å². The molecule has 6 rings (SSSR count). The van der Waals surface area contributed by atoms with Gasteiger partial charge in [0.15, 0.2) is 0 Å². The minimum atomic E-state index is 0.425. The molecule has 0 radical (unpaired) electrons. The molecule has 0 amide bonds. The van der Waals surface area contributed by atoms with Gasteiger partial charge in [-0.15, -0.1) is 0 Å². The summed E-state index contributed by atoms with van der Waals surface area (Å²) >= 11 is 0. The first-order valence-electron chi connectivity index (χ1n) is 9.89. The first kappa shape index (κ1) is 16.3. The predicted molar refractivity (Wildman–Crippen MR) is 105 cm³/mol. The standard InChI is InChI=1S/C20H28N6/c1-22-17(18-16-6-7-23-19(16)24-12-26(18)21)15-4-2-13(3-5-15)11-25-20-8-14(9-20)10-20/h6-7,12-15,23,25H,1-5,8-11,21H2/b18-17-. The van der Waals surface area contributed by atoms with Crippen LogP contribution < -0.4 is 11.2 Å². The maximum atomic E-state index is 6.20. The lowest BCUT2D eigenvalue weighted by Gasteiger charge is -2.62. The number of hydrogen-bond donors (Lipinski definition) is 3. The molecule has 6 nitrogen and oxygen atoms in total. The van der Waals surface area contributed by atoms with Crippen molar-refractivity contribution in [3.8, 4) is 0 Å². The number of H-pyrrole nitrogens is 1. The second-order valence-electron chi connectivity index (χ2n) is 8.64. The molecule has 138 valence electrons. The highest BCUT2D eigenvalue weighted by Crippen LogP contribution is 2.57. The molecule has 4 fully saturated rings. The summed E-state index contributed by atoms with van der Waals surface area (Å²) in [5.41, 5.74) is 3.53. The highest BCUT2D eigenvalue weighted by Gasteiger charge is 2.56. The Morgan fingerprint density at radius 2 is 2.12 bits per heavy atom. The van der Waals surface area contributed by atoms with Crippen molar-refractivity contribution in [2.24, 2.45) is 33.6 Å². The van der Waals surface area contributed by atoms with Gasteiger partial charge >= 0.3 is 0 Å². The minimum absolute atomic E-state index is 0.425. The number of aromatic nitrogens is 1. The summed E-state index contributed by atoms with van der Waals surface area (Å²) in [6.45, 7) is 5.04. The normalized spacial score (nSPS) is 36.8. The zero-order chi connectivity index (χ0) is 17.7. The van der Waals surface area contributed by atoms with E-state index >= 15 is 0 Å². The Bertz CT molecular complexity index is 750. The molecule has 1 aromatic rings. The predicted octanol–water partition coefficient (Wildman–Crippen LogP) is 3.18. The van der Waals surface area contributed by atoms with E-state index in [2.05, 4.69) is 27.0 Å². The Hall–Kier alpha value is -1.92. The third kappa shape index (κ3) is 2.55. The van der Waals surface area contributed by atoms with Crippen LogP contribution in [0.1, 0.15) is 50.5 Å². The fraction of sp³-hybridized carbons (Fsp3) is 0.600. The van der Waals surface area contributed by atoms with Gasteiger partial charge in [-0.05, 0) is 76.1 Å². The minimum Gasteiger partial charge on any atom is -0.346 e. The Labute approximate surface area is 154 Å². The fourth-order valence-electron chi connectivity index (χ4n) is 5.34. The van der Waals surface area contributed by atoms with Gasteiger partial charge in [-0.3, -0.25) is 10.0 Å². The van der Waals surface area contributed by atoms with Crippen molar-refractivity contribution < 1.29 is 0 Å². The van der Waals surface area contributed by atoms with E-state index in [4.69, 9.17) is 5.84 Å². The first-order chi connectivity index (χ1) is 12.7.